The summed E-state index contributed by atoms with van der Waals surface area (Å²) in [6.07, 6.45) is 0. The van der Waals surface area contributed by atoms with E-state index >= 15 is 0 Å². The van der Waals surface area contributed by atoms with Gasteiger partial charge < -0.3 is 9.57 Å². The van der Waals surface area contributed by atoms with Crippen LogP contribution in [0.1, 0.15) is 10.4 Å². The zero-order valence-corrected chi connectivity index (χ0v) is 10.1. The second kappa shape index (κ2) is 8.43. The van der Waals surface area contributed by atoms with Crippen LogP contribution in [0, 0.1) is 0 Å². The highest BCUT2D eigenvalue weighted by Crippen LogP contribution is 2.04. The van der Waals surface area contributed by atoms with Crippen molar-refractivity contribution in [3.63, 3.8) is 0 Å². The fourth-order valence-corrected chi connectivity index (χ4v) is 1.19. The number of hydrogen-bond donors (Lipinski definition) is 1. The molecular formula is C14H13NO4. The predicted octanol–water partition coefficient (Wildman–Crippen LogP) is 1.94. The molecule has 0 heterocycles. The smallest absolute Gasteiger partial charge is 0.345 e. The number of nitrogens with two attached hydrogens (primary N) is 1. The number of ether oxygens (including phenoxy) is 1. The molecule has 5 nitrogen and oxygen atoms in total. The molecule has 0 aliphatic heterocycles. The van der Waals surface area contributed by atoms with Gasteiger partial charge in [0, 0.05) is 0 Å². The van der Waals surface area contributed by atoms with Gasteiger partial charge in [0.25, 0.3) is 0 Å². The fraction of sp³-hybridized carbons (Fsp3) is 0. The molecule has 0 atom stereocenters. The Morgan fingerprint density at radius 2 is 1.47 bits per heavy atom. The second-order valence-corrected chi connectivity index (χ2v) is 3.30. The Morgan fingerprint density at radius 3 is 1.89 bits per heavy atom. The van der Waals surface area contributed by atoms with E-state index < -0.39 is 5.97 Å². The number of para-hydroxylation sites is 1. The first-order valence-corrected chi connectivity index (χ1v) is 5.39. The van der Waals surface area contributed by atoms with Crippen LogP contribution in [0.2, 0.25) is 0 Å². The molecule has 0 aliphatic carbocycles. The largest absolute Gasteiger partial charge is 0.412 e. The van der Waals surface area contributed by atoms with Crippen LogP contribution in [0.15, 0.2) is 60.7 Å². The quantitative estimate of drug-likeness (QED) is 0.394. The van der Waals surface area contributed by atoms with Gasteiger partial charge >= 0.3 is 12.4 Å². The van der Waals surface area contributed by atoms with Crippen LogP contribution in [0.4, 0.5) is 0 Å². The van der Waals surface area contributed by atoms with Crippen LogP contribution in [0.3, 0.4) is 0 Å². The third-order valence-electron chi connectivity index (χ3n) is 2.04. The van der Waals surface area contributed by atoms with E-state index in [0.29, 0.717) is 11.3 Å². The van der Waals surface area contributed by atoms with Gasteiger partial charge in [0.15, 0.2) is 0 Å². The summed E-state index contributed by atoms with van der Waals surface area (Å²) in [6.45, 7) is 0.120. The molecule has 2 N–H and O–H groups in total. The van der Waals surface area contributed by atoms with Gasteiger partial charge in [0.1, 0.15) is 5.75 Å². The van der Waals surface area contributed by atoms with Crippen molar-refractivity contribution in [3.8, 4) is 5.75 Å². The molecule has 0 spiro atoms. The molecule has 0 saturated carbocycles. The van der Waals surface area contributed by atoms with E-state index in [-0.39, 0.29) is 6.47 Å². The van der Waals surface area contributed by atoms with Gasteiger partial charge in [-0.1, -0.05) is 36.4 Å². The monoisotopic (exact) mass is 259 g/mol. The number of rotatable bonds is 3. The summed E-state index contributed by atoms with van der Waals surface area (Å²) in [4.78, 5) is 25.0. The Hall–Kier alpha value is -2.66. The van der Waals surface area contributed by atoms with Crippen molar-refractivity contribution in [2.75, 3.05) is 0 Å². The van der Waals surface area contributed by atoms with Crippen LogP contribution in [-0.2, 0) is 9.53 Å². The molecule has 2 rings (SSSR count). The Morgan fingerprint density at radius 1 is 0.947 bits per heavy atom. The van der Waals surface area contributed by atoms with Crippen molar-refractivity contribution >= 4 is 12.4 Å². The van der Waals surface area contributed by atoms with E-state index in [1.54, 1.807) is 42.5 Å². The summed E-state index contributed by atoms with van der Waals surface area (Å²) in [5.41, 5.74) is 0.375. The fourth-order valence-electron chi connectivity index (χ4n) is 1.19. The summed E-state index contributed by atoms with van der Waals surface area (Å²) in [6, 6.07) is 17.5. The summed E-state index contributed by atoms with van der Waals surface area (Å²) in [7, 11) is 0. The van der Waals surface area contributed by atoms with Gasteiger partial charge in [-0.15, -0.1) is 0 Å². The molecule has 0 amide bonds. The molecule has 5 heteroatoms. The average molecular weight is 259 g/mol. The van der Waals surface area contributed by atoms with Crippen LogP contribution in [-0.4, -0.2) is 12.4 Å². The minimum atomic E-state index is -0.624. The summed E-state index contributed by atoms with van der Waals surface area (Å²) >= 11 is 0. The molecular weight excluding hydrogens is 246 g/mol. The number of hydrogen-bond acceptors (Lipinski definition) is 5. The van der Waals surface area contributed by atoms with E-state index in [1.807, 2.05) is 18.2 Å². The second-order valence-electron chi connectivity index (χ2n) is 3.30. The Bertz CT molecular complexity index is 499. The molecule has 2 aromatic rings. The van der Waals surface area contributed by atoms with Crippen molar-refractivity contribution in [2.45, 2.75) is 0 Å². The first kappa shape index (κ1) is 14.4. The maximum atomic E-state index is 10.8. The zero-order chi connectivity index (χ0) is 13.9. The molecule has 0 aromatic heterocycles. The molecule has 0 bridgehead atoms. The topological polar surface area (TPSA) is 78.6 Å². The van der Waals surface area contributed by atoms with Gasteiger partial charge in [-0.3, -0.25) is 4.79 Å². The Labute approximate surface area is 110 Å². The Balaban J connectivity index is 0.000000200. The highest BCUT2D eigenvalue weighted by atomic mass is 16.6. The van der Waals surface area contributed by atoms with Gasteiger partial charge in [0.05, 0.1) is 5.56 Å². The molecule has 0 fully saturated rings. The van der Waals surface area contributed by atoms with Crippen LogP contribution in [0.25, 0.3) is 0 Å². The lowest BCUT2D eigenvalue weighted by atomic mass is 10.2. The molecule has 0 unspecified atom stereocenters. The van der Waals surface area contributed by atoms with Gasteiger partial charge in [-0.25, -0.2) is 4.79 Å². The number of carbonyl (C=O) groups is 2. The van der Waals surface area contributed by atoms with Gasteiger partial charge in [-0.2, -0.15) is 5.90 Å². The van der Waals surface area contributed by atoms with Crippen molar-refractivity contribution in [2.24, 2.45) is 5.90 Å². The van der Waals surface area contributed by atoms with Gasteiger partial charge in [-0.05, 0) is 24.3 Å². The molecule has 0 saturated heterocycles. The SMILES string of the molecule is NOc1ccccc1.O=COC(=O)c1ccccc1. The molecule has 0 aliphatic rings. The van der Waals surface area contributed by atoms with E-state index in [9.17, 15) is 9.59 Å². The lowest BCUT2D eigenvalue weighted by Gasteiger charge is -1.94. The molecule has 0 radical (unpaired) electrons. The van der Waals surface area contributed by atoms with Crippen molar-refractivity contribution < 1.29 is 19.2 Å². The third kappa shape index (κ3) is 5.47. The highest BCUT2D eigenvalue weighted by Gasteiger charge is 2.03. The average Bonchev–Trinajstić information content (AvgIpc) is 2.50. The minimum absolute atomic E-state index is 0.120. The maximum absolute atomic E-state index is 10.8. The van der Waals surface area contributed by atoms with Crippen molar-refractivity contribution in [3.05, 3.63) is 66.2 Å². The lowest BCUT2D eigenvalue weighted by Crippen LogP contribution is -2.02. The minimum Gasteiger partial charge on any atom is -0.412 e. The number of benzene rings is 2. The first-order chi connectivity index (χ1) is 9.27. The van der Waals surface area contributed by atoms with Crippen LogP contribution >= 0.6 is 0 Å². The summed E-state index contributed by atoms with van der Waals surface area (Å²) < 4.78 is 4.11. The highest BCUT2D eigenvalue weighted by molar-refractivity contribution is 5.92. The Kier molecular flexibility index (Phi) is 6.39. The van der Waals surface area contributed by atoms with Crippen molar-refractivity contribution in [1.29, 1.82) is 0 Å². The van der Waals surface area contributed by atoms with E-state index in [2.05, 4.69) is 9.57 Å². The number of carbonyl (C=O) groups excluding carboxylic acids is 2. The lowest BCUT2D eigenvalue weighted by molar-refractivity contribution is -0.123. The predicted molar refractivity (Wildman–Crippen MR) is 69.2 cm³/mol. The summed E-state index contributed by atoms with van der Waals surface area (Å²) in [5.74, 6) is 4.91. The van der Waals surface area contributed by atoms with Crippen molar-refractivity contribution in [1.82, 2.24) is 0 Å². The molecule has 98 valence electrons. The third-order valence-corrected chi connectivity index (χ3v) is 2.04. The first-order valence-electron chi connectivity index (χ1n) is 5.39. The molecule has 19 heavy (non-hydrogen) atoms. The standard InChI is InChI=1S/C8H6O3.C6H7NO/c9-6-11-8(10)7-4-2-1-3-5-7;7-8-6-4-2-1-3-5-6/h1-6H;1-5H,7H2. The van der Waals surface area contributed by atoms with Crippen LogP contribution in [0.5, 0.6) is 5.75 Å². The van der Waals surface area contributed by atoms with Gasteiger partial charge in [0.2, 0.25) is 0 Å². The van der Waals surface area contributed by atoms with E-state index in [0.717, 1.165) is 0 Å². The maximum Gasteiger partial charge on any atom is 0.345 e. The zero-order valence-electron chi connectivity index (χ0n) is 10.1. The van der Waals surface area contributed by atoms with E-state index in [1.165, 1.54) is 0 Å². The number of esters is 1. The molecule has 2 aromatic carbocycles. The van der Waals surface area contributed by atoms with Crippen LogP contribution < -0.4 is 10.7 Å². The normalized spacial score (nSPS) is 8.68. The summed E-state index contributed by atoms with van der Waals surface area (Å²) in [5, 5.41) is 0. The van der Waals surface area contributed by atoms with E-state index in [4.69, 9.17) is 5.90 Å².